The van der Waals surface area contributed by atoms with Crippen molar-refractivity contribution in [3.05, 3.63) is 0 Å². The number of likely N-dealkylation sites (tertiary alicyclic amines) is 1. The first-order chi connectivity index (χ1) is 13.7. The van der Waals surface area contributed by atoms with Crippen molar-refractivity contribution in [3.8, 4) is 0 Å². The fraction of sp³-hybridized carbons (Fsp3) is 0.900. The van der Waals surface area contributed by atoms with Crippen LogP contribution in [0.1, 0.15) is 51.4 Å². The van der Waals surface area contributed by atoms with Crippen molar-refractivity contribution in [2.75, 3.05) is 46.8 Å². The van der Waals surface area contributed by atoms with Crippen LogP contribution in [0, 0.1) is 5.92 Å². The molecule has 2 aliphatic rings. The van der Waals surface area contributed by atoms with Crippen LogP contribution in [0.3, 0.4) is 0 Å². The van der Waals surface area contributed by atoms with Gasteiger partial charge in [0.05, 0.1) is 6.54 Å². The van der Waals surface area contributed by atoms with Gasteiger partial charge in [0, 0.05) is 26.7 Å². The first-order valence-electron chi connectivity index (χ1n) is 10.8. The van der Waals surface area contributed by atoms with Crippen LogP contribution in [0.15, 0.2) is 4.99 Å². The van der Waals surface area contributed by atoms with E-state index in [1.54, 1.807) is 14.1 Å². The van der Waals surface area contributed by atoms with E-state index in [-0.39, 0.29) is 36.4 Å². The number of nitrogens with zero attached hydrogens (tertiary/aromatic N) is 3. The van der Waals surface area contributed by atoms with Crippen molar-refractivity contribution in [2.24, 2.45) is 10.9 Å². The van der Waals surface area contributed by atoms with Crippen LogP contribution in [0.5, 0.6) is 0 Å². The van der Waals surface area contributed by atoms with E-state index in [0.717, 1.165) is 32.1 Å². The maximum Gasteiger partial charge on any atom is 0.401 e. The zero-order chi connectivity index (χ0) is 21.3. The Morgan fingerprint density at radius 2 is 1.73 bits per heavy atom. The average molecular weight is 547 g/mol. The van der Waals surface area contributed by atoms with Crippen LogP contribution in [0.4, 0.5) is 13.2 Å². The standard InChI is InChI=1S/C20H36F3N5O.HI/c1-27(2)18(29)14-25-19(26-17-6-4-3-5-7-17)24-11-8-16-9-12-28(13-10-16)15-20(21,22)23;/h16-17H,3-15H2,1-2H3,(H2,24,25,26);1H. The molecule has 1 aliphatic carbocycles. The highest BCUT2D eigenvalue weighted by molar-refractivity contribution is 14.0. The molecule has 2 fully saturated rings. The summed E-state index contributed by atoms with van der Waals surface area (Å²) < 4.78 is 37.5. The number of hydrogen-bond acceptors (Lipinski definition) is 3. The van der Waals surface area contributed by atoms with E-state index in [9.17, 15) is 18.0 Å². The first kappa shape index (κ1) is 27.3. The Hall–Kier alpha value is -0.780. The van der Waals surface area contributed by atoms with Crippen molar-refractivity contribution in [2.45, 2.75) is 63.6 Å². The molecule has 1 saturated carbocycles. The smallest absolute Gasteiger partial charge is 0.356 e. The minimum atomic E-state index is -4.12. The molecule has 0 unspecified atom stereocenters. The van der Waals surface area contributed by atoms with E-state index >= 15 is 0 Å². The lowest BCUT2D eigenvalue weighted by atomic mass is 9.93. The minimum Gasteiger partial charge on any atom is -0.356 e. The minimum absolute atomic E-state index is 0. The van der Waals surface area contributed by atoms with E-state index in [1.165, 1.54) is 29.1 Å². The number of carbonyl (C=O) groups excluding carboxylic acids is 1. The molecule has 1 amide bonds. The third kappa shape index (κ3) is 11.0. The molecule has 0 radical (unpaired) electrons. The average Bonchev–Trinajstić information content (AvgIpc) is 2.66. The van der Waals surface area contributed by atoms with Gasteiger partial charge in [-0.05, 0) is 51.1 Å². The van der Waals surface area contributed by atoms with Gasteiger partial charge < -0.3 is 15.5 Å². The lowest BCUT2D eigenvalue weighted by molar-refractivity contribution is -0.148. The topological polar surface area (TPSA) is 60.0 Å². The van der Waals surface area contributed by atoms with Crippen LogP contribution in [0.2, 0.25) is 0 Å². The van der Waals surface area contributed by atoms with E-state index < -0.39 is 12.7 Å². The molecule has 2 N–H and O–H groups in total. The second-order valence-corrected chi connectivity index (χ2v) is 8.48. The van der Waals surface area contributed by atoms with Gasteiger partial charge in [0.25, 0.3) is 0 Å². The molecule has 0 aromatic heterocycles. The summed E-state index contributed by atoms with van der Waals surface area (Å²) in [6.07, 6.45) is 4.26. The molecule has 6 nitrogen and oxygen atoms in total. The highest BCUT2D eigenvalue weighted by Gasteiger charge is 2.32. The summed E-state index contributed by atoms with van der Waals surface area (Å²) in [5.74, 6) is 1.04. The second kappa shape index (κ2) is 13.6. The lowest BCUT2D eigenvalue weighted by Gasteiger charge is -2.32. The van der Waals surface area contributed by atoms with Crippen LogP contribution in [-0.4, -0.2) is 80.7 Å². The molecule has 2 rings (SSSR count). The summed E-state index contributed by atoms with van der Waals surface area (Å²) in [6.45, 7) is 1.01. The summed E-state index contributed by atoms with van der Waals surface area (Å²) in [4.78, 5) is 19.3. The monoisotopic (exact) mass is 547 g/mol. The number of aliphatic imine (C=N–C) groups is 1. The Kier molecular flexibility index (Phi) is 12.3. The van der Waals surface area contributed by atoms with Crippen LogP contribution in [-0.2, 0) is 4.79 Å². The normalized spacial score (nSPS) is 19.8. The van der Waals surface area contributed by atoms with E-state index in [1.807, 2.05) is 0 Å². The highest BCUT2D eigenvalue weighted by Crippen LogP contribution is 2.24. The van der Waals surface area contributed by atoms with Gasteiger partial charge in [-0.25, -0.2) is 4.99 Å². The number of hydrogen-bond donors (Lipinski definition) is 2. The van der Waals surface area contributed by atoms with Gasteiger partial charge in [0.1, 0.15) is 6.54 Å². The van der Waals surface area contributed by atoms with Gasteiger partial charge in [-0.1, -0.05) is 19.3 Å². The van der Waals surface area contributed by atoms with Crippen LogP contribution < -0.4 is 10.6 Å². The van der Waals surface area contributed by atoms with E-state index in [4.69, 9.17) is 0 Å². The maximum atomic E-state index is 12.5. The van der Waals surface area contributed by atoms with Crippen LogP contribution in [0.25, 0.3) is 0 Å². The van der Waals surface area contributed by atoms with Gasteiger partial charge in [-0.15, -0.1) is 24.0 Å². The molecule has 0 atom stereocenters. The van der Waals surface area contributed by atoms with Crippen LogP contribution >= 0.6 is 24.0 Å². The number of halogens is 4. The molecule has 176 valence electrons. The third-order valence-corrected chi connectivity index (χ3v) is 5.77. The highest BCUT2D eigenvalue weighted by atomic mass is 127. The number of guanidine groups is 1. The first-order valence-corrected chi connectivity index (χ1v) is 10.8. The number of likely N-dealkylation sites (N-methyl/N-ethyl adjacent to an activating group) is 1. The number of nitrogens with one attached hydrogen (secondary N) is 2. The number of amides is 1. The molecule has 0 bridgehead atoms. The number of piperidine rings is 1. The van der Waals surface area contributed by atoms with Crippen molar-refractivity contribution >= 4 is 35.8 Å². The van der Waals surface area contributed by atoms with Crippen molar-refractivity contribution in [1.82, 2.24) is 20.4 Å². The molecular formula is C20H37F3IN5O. The molecule has 0 aromatic rings. The van der Waals surface area contributed by atoms with Gasteiger partial charge in [-0.3, -0.25) is 9.69 Å². The predicted molar refractivity (Wildman–Crippen MR) is 124 cm³/mol. The Balaban J connectivity index is 0.00000450. The molecule has 30 heavy (non-hydrogen) atoms. The largest absolute Gasteiger partial charge is 0.401 e. The number of alkyl halides is 3. The second-order valence-electron chi connectivity index (χ2n) is 8.48. The Labute approximate surface area is 195 Å². The summed E-state index contributed by atoms with van der Waals surface area (Å²) in [5, 5.41) is 6.79. The van der Waals surface area contributed by atoms with E-state index in [0.29, 0.717) is 37.6 Å². The molecule has 1 heterocycles. The molecule has 0 aromatic carbocycles. The Morgan fingerprint density at radius 3 is 2.30 bits per heavy atom. The zero-order valence-electron chi connectivity index (χ0n) is 18.1. The summed E-state index contributed by atoms with van der Waals surface area (Å²) >= 11 is 0. The molecular weight excluding hydrogens is 510 g/mol. The van der Waals surface area contributed by atoms with Gasteiger partial charge in [-0.2, -0.15) is 13.2 Å². The predicted octanol–water partition coefficient (Wildman–Crippen LogP) is 3.22. The van der Waals surface area contributed by atoms with Gasteiger partial charge >= 0.3 is 6.18 Å². The summed E-state index contributed by atoms with van der Waals surface area (Å²) in [5.41, 5.74) is 0. The quantitative estimate of drug-likeness (QED) is 0.292. The Bertz CT molecular complexity index is 531. The molecule has 0 spiro atoms. The molecule has 1 aliphatic heterocycles. The fourth-order valence-corrected chi connectivity index (χ4v) is 3.96. The zero-order valence-corrected chi connectivity index (χ0v) is 20.5. The third-order valence-electron chi connectivity index (χ3n) is 5.77. The lowest BCUT2D eigenvalue weighted by Crippen LogP contribution is -2.45. The number of rotatable bonds is 7. The van der Waals surface area contributed by atoms with Gasteiger partial charge in [0.2, 0.25) is 5.91 Å². The van der Waals surface area contributed by atoms with Crippen molar-refractivity contribution in [1.29, 1.82) is 0 Å². The fourth-order valence-electron chi connectivity index (χ4n) is 3.96. The van der Waals surface area contributed by atoms with Crippen molar-refractivity contribution in [3.63, 3.8) is 0 Å². The maximum absolute atomic E-state index is 12.5. The molecule has 10 heteroatoms. The summed E-state index contributed by atoms with van der Waals surface area (Å²) in [7, 11) is 3.43. The summed E-state index contributed by atoms with van der Waals surface area (Å²) in [6, 6.07) is 0.384. The molecule has 1 saturated heterocycles. The van der Waals surface area contributed by atoms with E-state index in [2.05, 4.69) is 15.6 Å². The van der Waals surface area contributed by atoms with Crippen molar-refractivity contribution < 1.29 is 18.0 Å². The Morgan fingerprint density at radius 1 is 1.10 bits per heavy atom. The van der Waals surface area contributed by atoms with Gasteiger partial charge in [0.15, 0.2) is 5.96 Å². The number of carbonyl (C=O) groups is 1. The SMILES string of the molecule is CN(C)C(=O)CN=C(NCCC1CCN(CC(F)(F)F)CC1)NC1CCCCC1.I.